The molecule has 36 heavy (non-hydrogen) atoms. The van der Waals surface area contributed by atoms with Gasteiger partial charge in [-0.2, -0.15) is 0 Å². The minimum Gasteiger partial charge on any atom is -0.362 e. The number of hydrogen-bond donors (Lipinski definition) is 3. The van der Waals surface area contributed by atoms with E-state index in [0.717, 1.165) is 22.5 Å². The van der Waals surface area contributed by atoms with E-state index in [0.29, 0.717) is 11.4 Å². The van der Waals surface area contributed by atoms with E-state index in [-0.39, 0.29) is 24.6 Å². The molecule has 0 radical (unpaired) electrons. The van der Waals surface area contributed by atoms with Crippen LogP contribution in [0.4, 0.5) is 5.69 Å². The van der Waals surface area contributed by atoms with Crippen LogP contribution in [0.3, 0.4) is 0 Å². The van der Waals surface area contributed by atoms with Gasteiger partial charge in [0.15, 0.2) is 0 Å². The van der Waals surface area contributed by atoms with Crippen LogP contribution in [0.1, 0.15) is 33.0 Å². The molecule has 5 rings (SSSR count). The van der Waals surface area contributed by atoms with Gasteiger partial charge in [0.25, 0.3) is 17.4 Å². The van der Waals surface area contributed by atoms with Crippen molar-refractivity contribution in [2.45, 2.75) is 6.54 Å². The van der Waals surface area contributed by atoms with Crippen molar-refractivity contribution in [1.82, 2.24) is 24.8 Å². The lowest BCUT2D eigenvalue weighted by molar-refractivity contribution is -0.110. The summed E-state index contributed by atoms with van der Waals surface area (Å²) in [6, 6.07) is 14.3. The van der Waals surface area contributed by atoms with Crippen LogP contribution in [-0.4, -0.2) is 37.9 Å². The molecular formula is C27H22N6O3. The van der Waals surface area contributed by atoms with Gasteiger partial charge in [-0.05, 0) is 48.0 Å². The van der Waals surface area contributed by atoms with Gasteiger partial charge in [-0.3, -0.25) is 14.4 Å². The molecule has 0 bridgehead atoms. The molecule has 0 atom stereocenters. The Hall–Kier alpha value is -5.05. The van der Waals surface area contributed by atoms with E-state index in [2.05, 4.69) is 25.6 Å². The number of benzene rings is 1. The summed E-state index contributed by atoms with van der Waals surface area (Å²) in [5.74, 6) is -0.133. The lowest BCUT2D eigenvalue weighted by atomic mass is 10.0. The normalized spacial score (nSPS) is 13.7. The molecule has 4 aromatic rings. The summed E-state index contributed by atoms with van der Waals surface area (Å²) in [4.78, 5) is 49.0. The van der Waals surface area contributed by atoms with Crippen molar-refractivity contribution in [3.05, 3.63) is 118 Å². The topological polar surface area (TPSA) is 122 Å². The van der Waals surface area contributed by atoms with E-state index < -0.39 is 11.5 Å². The molecule has 0 aliphatic carbocycles. The Morgan fingerprint density at radius 3 is 2.72 bits per heavy atom. The lowest BCUT2D eigenvalue weighted by Crippen LogP contribution is -2.33. The van der Waals surface area contributed by atoms with Crippen molar-refractivity contribution in [3.8, 4) is 0 Å². The van der Waals surface area contributed by atoms with Gasteiger partial charge in [-0.1, -0.05) is 24.3 Å². The highest BCUT2D eigenvalue weighted by Crippen LogP contribution is 2.33. The minimum atomic E-state index is -0.465. The number of rotatable bonds is 7. The van der Waals surface area contributed by atoms with Crippen LogP contribution >= 0.6 is 0 Å². The minimum absolute atomic E-state index is 0.0449. The Morgan fingerprint density at radius 1 is 1.06 bits per heavy atom. The zero-order valence-corrected chi connectivity index (χ0v) is 19.1. The predicted octanol–water partition coefficient (Wildman–Crippen LogP) is 2.95. The maximum Gasteiger partial charge on any atom is 0.263 e. The number of hydrogen-bond acceptors (Lipinski definition) is 5. The fourth-order valence-electron chi connectivity index (χ4n) is 3.89. The molecule has 0 fully saturated rings. The molecule has 1 aromatic carbocycles. The molecule has 178 valence electrons. The van der Waals surface area contributed by atoms with E-state index in [4.69, 9.17) is 0 Å². The number of fused-ring (bicyclic) bond motifs is 1. The molecule has 0 spiro atoms. The number of nitrogens with one attached hydrogen (secondary N) is 3. The Balaban J connectivity index is 1.22. The predicted molar refractivity (Wildman–Crippen MR) is 137 cm³/mol. The number of amides is 2. The Kier molecular flexibility index (Phi) is 6.35. The van der Waals surface area contributed by atoms with Crippen molar-refractivity contribution in [3.63, 3.8) is 0 Å². The monoisotopic (exact) mass is 478 g/mol. The highest BCUT2D eigenvalue weighted by molar-refractivity contribution is 6.34. The second-order valence-corrected chi connectivity index (χ2v) is 8.07. The second-order valence-electron chi connectivity index (χ2n) is 8.07. The van der Waals surface area contributed by atoms with Crippen LogP contribution in [0.25, 0.3) is 17.7 Å². The Labute approximate surface area is 206 Å². The number of aromatic nitrogens is 4. The van der Waals surface area contributed by atoms with E-state index in [1.165, 1.54) is 10.6 Å². The Bertz CT molecular complexity index is 1540. The van der Waals surface area contributed by atoms with Crippen LogP contribution in [0, 0.1) is 0 Å². The van der Waals surface area contributed by atoms with Crippen LogP contribution < -0.4 is 16.2 Å². The van der Waals surface area contributed by atoms with Gasteiger partial charge in [0.05, 0.1) is 12.1 Å². The molecule has 1 aliphatic heterocycles. The highest BCUT2D eigenvalue weighted by Gasteiger charge is 2.24. The maximum atomic E-state index is 12.7. The van der Waals surface area contributed by atoms with Gasteiger partial charge in [-0.15, -0.1) is 0 Å². The van der Waals surface area contributed by atoms with Gasteiger partial charge >= 0.3 is 0 Å². The summed E-state index contributed by atoms with van der Waals surface area (Å²) < 4.78 is 1.40. The molecule has 4 heterocycles. The zero-order chi connectivity index (χ0) is 24.9. The summed E-state index contributed by atoms with van der Waals surface area (Å²) in [6.45, 7) is 0.411. The summed E-state index contributed by atoms with van der Waals surface area (Å²) in [6.07, 6.45) is 12.0. The van der Waals surface area contributed by atoms with E-state index >= 15 is 0 Å². The zero-order valence-electron chi connectivity index (χ0n) is 19.1. The first-order chi connectivity index (χ1) is 17.6. The van der Waals surface area contributed by atoms with Gasteiger partial charge in [-0.25, -0.2) is 9.97 Å². The fraction of sp³-hybridized carbons (Fsp3) is 0.0741. The lowest BCUT2D eigenvalue weighted by Gasteiger charge is -2.07. The van der Waals surface area contributed by atoms with Crippen LogP contribution in [-0.2, 0) is 11.3 Å². The number of anilines is 1. The number of carbonyl (C=O) groups is 2. The average molecular weight is 479 g/mol. The average Bonchev–Trinajstić information content (AvgIpc) is 3.51. The quantitative estimate of drug-likeness (QED) is 0.353. The number of H-pyrrole nitrogens is 1. The standard InChI is InChI=1S/C27H22N6O3/c34-25(21-7-3-14-33(27(21)36)17-24-29-12-4-13-30-24)31-11-1-5-18-8-9-20-22(16-19-6-2-10-28-19)26(35)32-23(20)15-18/h1-10,12-16,28H,11,17H2,(H,31,34)(H,32,35)/b5-1+,22-16+. The van der Waals surface area contributed by atoms with Gasteiger partial charge in [0, 0.05) is 48.3 Å². The first kappa shape index (κ1) is 22.7. The molecule has 9 nitrogen and oxygen atoms in total. The molecule has 9 heteroatoms. The SMILES string of the molecule is O=C1Nc2cc(/C=C/CNC(=O)c3cccn(Cc4ncccn4)c3=O)ccc2/C1=C\c1ccc[nH]1. The number of aromatic amines is 1. The Morgan fingerprint density at radius 2 is 1.92 bits per heavy atom. The van der Waals surface area contributed by atoms with E-state index in [1.54, 1.807) is 43.0 Å². The third kappa shape index (κ3) is 4.90. The molecule has 3 N–H and O–H groups in total. The van der Waals surface area contributed by atoms with Crippen molar-refractivity contribution in [2.24, 2.45) is 0 Å². The summed E-state index contributed by atoms with van der Waals surface area (Å²) in [7, 11) is 0. The maximum absolute atomic E-state index is 12.7. The fourth-order valence-corrected chi connectivity index (χ4v) is 3.89. The second kappa shape index (κ2) is 10.1. The first-order valence-electron chi connectivity index (χ1n) is 11.3. The largest absolute Gasteiger partial charge is 0.362 e. The van der Waals surface area contributed by atoms with Crippen molar-refractivity contribution < 1.29 is 9.59 Å². The number of carbonyl (C=O) groups excluding carboxylic acids is 2. The van der Waals surface area contributed by atoms with Crippen molar-refractivity contribution in [1.29, 1.82) is 0 Å². The number of pyridine rings is 1. The van der Waals surface area contributed by atoms with Crippen LogP contribution in [0.5, 0.6) is 0 Å². The molecule has 0 saturated heterocycles. The van der Waals surface area contributed by atoms with Gasteiger partial charge < -0.3 is 20.2 Å². The van der Waals surface area contributed by atoms with Crippen molar-refractivity contribution in [2.75, 3.05) is 11.9 Å². The molecule has 3 aromatic heterocycles. The summed E-state index contributed by atoms with van der Waals surface area (Å²) in [5.41, 5.74) is 3.52. The molecule has 1 aliphatic rings. The van der Waals surface area contributed by atoms with Gasteiger partial charge in [0.1, 0.15) is 11.4 Å². The molecular weight excluding hydrogens is 456 g/mol. The summed E-state index contributed by atoms with van der Waals surface area (Å²) in [5, 5.41) is 5.63. The van der Waals surface area contributed by atoms with E-state index in [1.807, 2.05) is 42.5 Å². The van der Waals surface area contributed by atoms with Gasteiger partial charge in [0.2, 0.25) is 0 Å². The highest BCUT2D eigenvalue weighted by atomic mass is 16.2. The smallest absolute Gasteiger partial charge is 0.263 e. The van der Waals surface area contributed by atoms with Crippen LogP contribution in [0.15, 0.2) is 84.2 Å². The molecule has 0 saturated carbocycles. The summed E-state index contributed by atoms with van der Waals surface area (Å²) >= 11 is 0. The molecule has 0 unspecified atom stereocenters. The van der Waals surface area contributed by atoms with Crippen molar-refractivity contribution >= 4 is 35.2 Å². The molecule has 2 amide bonds. The third-order valence-corrected chi connectivity index (χ3v) is 5.64. The van der Waals surface area contributed by atoms with E-state index in [9.17, 15) is 14.4 Å². The first-order valence-corrected chi connectivity index (χ1v) is 11.3. The number of nitrogens with zero attached hydrogens (tertiary/aromatic N) is 3. The third-order valence-electron chi connectivity index (χ3n) is 5.64. The van der Waals surface area contributed by atoms with Crippen LogP contribution in [0.2, 0.25) is 0 Å².